The van der Waals surface area contributed by atoms with Crippen LogP contribution < -0.4 is 15.4 Å². The molecule has 6 rings (SSSR count). The number of para-hydroxylation sites is 1. The normalized spacial score (nSPS) is 16.5. The number of carbonyl (C=O) groups excluding carboxylic acids is 1. The zero-order valence-electron chi connectivity index (χ0n) is 24.6. The Morgan fingerprint density at radius 2 is 1.77 bits per heavy atom. The summed E-state index contributed by atoms with van der Waals surface area (Å²) in [6.45, 7) is 7.43. The fourth-order valence-electron chi connectivity index (χ4n) is 5.79. The molecule has 10 nitrogen and oxygen atoms in total. The molecule has 1 unspecified atom stereocenters. The predicted octanol–water partition coefficient (Wildman–Crippen LogP) is 5.60. The zero-order valence-corrected chi connectivity index (χ0v) is 24.6. The molecular weight excluding hydrogens is 546 g/mol. The van der Waals surface area contributed by atoms with Gasteiger partial charge in [0.1, 0.15) is 17.1 Å². The minimum atomic E-state index is -0.981. The number of carbonyl (C=O) groups is 1. The fraction of sp³-hybridized carbons (Fsp3) is 0.333. The Morgan fingerprint density at radius 1 is 0.977 bits per heavy atom. The summed E-state index contributed by atoms with van der Waals surface area (Å²) in [6.07, 6.45) is 2.04. The molecule has 0 radical (unpaired) electrons. The first-order chi connectivity index (χ1) is 21.0. The van der Waals surface area contributed by atoms with Crippen molar-refractivity contribution in [2.24, 2.45) is 10.9 Å². The van der Waals surface area contributed by atoms with Gasteiger partial charge >= 0.3 is 6.16 Å². The van der Waals surface area contributed by atoms with Gasteiger partial charge in [-0.1, -0.05) is 42.0 Å². The summed E-state index contributed by atoms with van der Waals surface area (Å²) >= 11 is 0. The number of nitrogens with two attached hydrogens (primary N) is 1. The molecule has 1 fully saturated rings. The van der Waals surface area contributed by atoms with E-state index in [1.165, 1.54) is 16.3 Å². The van der Waals surface area contributed by atoms with Crippen molar-refractivity contribution in [1.29, 1.82) is 0 Å². The number of hydrogen-bond donors (Lipinski definition) is 1. The Bertz CT molecular complexity index is 1560. The van der Waals surface area contributed by atoms with Crippen molar-refractivity contribution in [3.63, 3.8) is 0 Å². The van der Waals surface area contributed by atoms with E-state index in [0.29, 0.717) is 17.1 Å². The van der Waals surface area contributed by atoms with Gasteiger partial charge in [-0.15, -0.1) is 0 Å². The molecule has 0 spiro atoms. The van der Waals surface area contributed by atoms with E-state index in [9.17, 15) is 4.79 Å². The Balaban J connectivity index is 1.14. The lowest BCUT2D eigenvalue weighted by Crippen LogP contribution is -2.46. The molecule has 2 N–H and O–H groups in total. The summed E-state index contributed by atoms with van der Waals surface area (Å²) in [4.78, 5) is 27.1. The smallest absolute Gasteiger partial charge is 0.496 e. The molecule has 0 saturated carbocycles. The number of fused-ring (bicyclic) bond motifs is 1. The van der Waals surface area contributed by atoms with E-state index < -0.39 is 12.2 Å². The average Bonchev–Trinajstić information content (AvgIpc) is 3.46. The van der Waals surface area contributed by atoms with Gasteiger partial charge in [-0.2, -0.15) is 9.86 Å². The van der Waals surface area contributed by atoms with Crippen LogP contribution in [0.25, 0.3) is 11.0 Å². The molecule has 1 saturated heterocycles. The van der Waals surface area contributed by atoms with Gasteiger partial charge in [-0.3, -0.25) is 9.74 Å². The van der Waals surface area contributed by atoms with Crippen LogP contribution in [0.4, 0.5) is 10.5 Å². The molecular formula is C33H37N5O5. The molecule has 1 atom stereocenters. The lowest BCUT2D eigenvalue weighted by molar-refractivity contribution is -0.116. The Labute approximate surface area is 251 Å². The van der Waals surface area contributed by atoms with Crippen LogP contribution in [-0.2, 0) is 16.1 Å². The highest BCUT2D eigenvalue weighted by atomic mass is 16.9. The molecule has 3 heterocycles. The Morgan fingerprint density at radius 3 is 2.53 bits per heavy atom. The summed E-state index contributed by atoms with van der Waals surface area (Å²) in [7, 11) is 1.61. The van der Waals surface area contributed by atoms with Gasteiger partial charge < -0.3 is 24.6 Å². The van der Waals surface area contributed by atoms with E-state index in [4.69, 9.17) is 19.7 Å². The van der Waals surface area contributed by atoms with Crippen molar-refractivity contribution in [2.75, 3.05) is 44.7 Å². The van der Waals surface area contributed by atoms with Crippen LogP contribution in [0.2, 0.25) is 0 Å². The van der Waals surface area contributed by atoms with E-state index in [0.717, 1.165) is 68.5 Å². The largest absolute Gasteiger partial charge is 0.560 e. The molecule has 2 aliphatic rings. The minimum absolute atomic E-state index is 0.111. The number of guanidine groups is 1. The molecule has 224 valence electrons. The lowest BCUT2D eigenvalue weighted by Gasteiger charge is -2.36. The van der Waals surface area contributed by atoms with Crippen molar-refractivity contribution in [2.45, 2.75) is 32.2 Å². The van der Waals surface area contributed by atoms with E-state index >= 15 is 0 Å². The first kappa shape index (κ1) is 28.4. The second-order valence-corrected chi connectivity index (χ2v) is 11.0. The number of furan rings is 1. The standard InChI is InChI=1S/C33H37N5O5/c1-23-10-13-26(14-11-23)37-19-17-36(18-20-37)16-6-5-7-24-12-15-29(40-2)27(21-24)31(38-32(34)35-42-33(39)43-38)30-22-25-8-3-4-9-28(25)41-30/h3-4,8-15,21-22,31H,5-7,16-20H2,1-2H3,(H2,34,35). The molecule has 0 amide bonds. The number of hydroxylamine groups is 2. The maximum absolute atomic E-state index is 12.1. The van der Waals surface area contributed by atoms with Crippen LogP contribution in [0, 0.1) is 6.92 Å². The second kappa shape index (κ2) is 12.7. The fourth-order valence-corrected chi connectivity index (χ4v) is 5.79. The van der Waals surface area contributed by atoms with E-state index in [1.807, 2.05) is 36.4 Å². The monoisotopic (exact) mass is 583 g/mol. The van der Waals surface area contributed by atoms with Gasteiger partial charge in [0.05, 0.1) is 7.11 Å². The van der Waals surface area contributed by atoms with Gasteiger partial charge in [0.2, 0.25) is 0 Å². The summed E-state index contributed by atoms with van der Waals surface area (Å²) in [5.74, 6) is 1.02. The number of anilines is 1. The summed E-state index contributed by atoms with van der Waals surface area (Å²) in [5.41, 5.74) is 11.3. The zero-order chi connectivity index (χ0) is 29.8. The van der Waals surface area contributed by atoms with Gasteiger partial charge in [-0.05, 0) is 79.8 Å². The van der Waals surface area contributed by atoms with Crippen LogP contribution in [-0.4, -0.2) is 61.9 Å². The van der Waals surface area contributed by atoms with Crippen molar-refractivity contribution in [3.05, 3.63) is 95.2 Å². The van der Waals surface area contributed by atoms with Gasteiger partial charge in [0.15, 0.2) is 6.04 Å². The number of methoxy groups -OCH3 is 1. The molecule has 0 aliphatic carbocycles. The van der Waals surface area contributed by atoms with Gasteiger partial charge in [0, 0.05) is 42.8 Å². The maximum atomic E-state index is 12.1. The minimum Gasteiger partial charge on any atom is -0.496 e. The van der Waals surface area contributed by atoms with Crippen LogP contribution in [0.5, 0.6) is 5.75 Å². The summed E-state index contributed by atoms with van der Waals surface area (Å²) in [5, 5.41) is 5.80. The summed E-state index contributed by atoms with van der Waals surface area (Å²) in [6, 6.07) is 23.7. The van der Waals surface area contributed by atoms with E-state index in [1.54, 1.807) is 7.11 Å². The molecule has 1 aromatic heterocycles. The predicted molar refractivity (Wildman–Crippen MR) is 165 cm³/mol. The second-order valence-electron chi connectivity index (χ2n) is 11.0. The highest BCUT2D eigenvalue weighted by molar-refractivity contribution is 5.82. The Hall–Kier alpha value is -4.70. The van der Waals surface area contributed by atoms with Crippen molar-refractivity contribution in [3.8, 4) is 5.75 Å². The molecule has 4 aromatic rings. The average molecular weight is 584 g/mol. The SMILES string of the molecule is COc1ccc(CCCCN2CCN(c3ccc(C)cc3)CC2)cc1C(c1cc2ccccc2o1)N1OC(=O)ON=C1N. The van der Waals surface area contributed by atoms with Crippen LogP contribution >= 0.6 is 0 Å². The first-order valence-corrected chi connectivity index (χ1v) is 14.7. The third kappa shape index (κ3) is 6.39. The molecule has 3 aromatic carbocycles. The van der Waals surface area contributed by atoms with E-state index in [2.05, 4.69) is 63.1 Å². The maximum Gasteiger partial charge on any atom is 0.560 e. The first-order valence-electron chi connectivity index (χ1n) is 14.7. The van der Waals surface area contributed by atoms with Crippen molar-refractivity contribution < 1.29 is 23.6 Å². The van der Waals surface area contributed by atoms with Crippen molar-refractivity contribution >= 4 is 28.8 Å². The molecule has 2 aliphatic heterocycles. The van der Waals surface area contributed by atoms with Crippen LogP contribution in [0.15, 0.2) is 82.4 Å². The van der Waals surface area contributed by atoms with E-state index in [-0.39, 0.29) is 5.96 Å². The number of benzene rings is 3. The molecule has 10 heteroatoms. The Kier molecular flexibility index (Phi) is 8.37. The number of nitrogens with zero attached hydrogens (tertiary/aromatic N) is 4. The highest BCUT2D eigenvalue weighted by Crippen LogP contribution is 2.39. The number of aryl methyl sites for hydroxylation is 2. The van der Waals surface area contributed by atoms with Crippen LogP contribution in [0.1, 0.15) is 41.3 Å². The molecule has 43 heavy (non-hydrogen) atoms. The van der Waals surface area contributed by atoms with Crippen molar-refractivity contribution in [1.82, 2.24) is 9.96 Å². The van der Waals surface area contributed by atoms with Crippen LogP contribution in [0.3, 0.4) is 0 Å². The third-order valence-corrected chi connectivity index (χ3v) is 8.11. The number of unbranched alkanes of at least 4 members (excludes halogenated alkanes) is 1. The number of hydrogen-bond acceptors (Lipinski definition) is 10. The quantitative estimate of drug-likeness (QED) is 0.189. The van der Waals surface area contributed by atoms with Gasteiger partial charge in [0.25, 0.3) is 5.96 Å². The number of oxime groups is 1. The summed E-state index contributed by atoms with van der Waals surface area (Å²) < 4.78 is 12.0. The topological polar surface area (TPSA) is 106 Å². The lowest BCUT2D eigenvalue weighted by atomic mass is 9.97. The number of piperazine rings is 1. The van der Waals surface area contributed by atoms with Gasteiger partial charge in [-0.25, -0.2) is 0 Å². The third-order valence-electron chi connectivity index (χ3n) is 8.11. The molecule has 0 bridgehead atoms. The highest BCUT2D eigenvalue weighted by Gasteiger charge is 2.36. The number of rotatable bonds is 10. The number of ether oxygens (including phenoxy) is 1.